The van der Waals surface area contributed by atoms with Crippen molar-refractivity contribution in [3.05, 3.63) is 34.0 Å². The van der Waals surface area contributed by atoms with Gasteiger partial charge in [0.15, 0.2) is 0 Å². The van der Waals surface area contributed by atoms with E-state index in [9.17, 15) is 0 Å². The summed E-state index contributed by atoms with van der Waals surface area (Å²) in [6, 6.07) is 7.69. The Morgan fingerprint density at radius 2 is 2.12 bits per heavy atom. The van der Waals surface area contributed by atoms with Crippen molar-refractivity contribution < 1.29 is 4.74 Å². The van der Waals surface area contributed by atoms with E-state index in [2.05, 4.69) is 32.6 Å². The number of nitrogen functional groups attached to an aromatic ring is 1. The van der Waals surface area contributed by atoms with E-state index in [-0.39, 0.29) is 5.95 Å². The third-order valence-electron chi connectivity index (χ3n) is 2.12. The van der Waals surface area contributed by atoms with Gasteiger partial charge in [0.05, 0.1) is 16.4 Å². The zero-order chi connectivity index (χ0) is 11.5. The second-order valence-electron chi connectivity index (χ2n) is 3.15. The molecule has 0 spiro atoms. The zero-order valence-electron chi connectivity index (χ0n) is 8.64. The Balaban J connectivity index is 2.45. The molecule has 0 saturated heterocycles. The fraction of sp³-hybridized carbons (Fsp3) is 0.0909. The molecule has 0 aliphatic heterocycles. The fourth-order valence-corrected chi connectivity index (χ4v) is 2.10. The average molecular weight is 327 g/mol. The predicted molar refractivity (Wildman–Crippen MR) is 71.1 cm³/mol. The summed E-state index contributed by atoms with van der Waals surface area (Å²) in [7, 11) is 1.65. The number of hydrogen-bond donors (Lipinski definition) is 1. The molecule has 4 nitrogen and oxygen atoms in total. The van der Waals surface area contributed by atoms with Crippen LogP contribution in [0.25, 0.3) is 11.3 Å². The maximum Gasteiger partial charge on any atom is 0.220 e. The topological polar surface area (TPSA) is 61.0 Å². The lowest BCUT2D eigenvalue weighted by molar-refractivity contribution is 0.412. The Morgan fingerprint density at radius 1 is 1.31 bits per heavy atom. The lowest BCUT2D eigenvalue weighted by Crippen LogP contribution is -1.95. The van der Waals surface area contributed by atoms with Gasteiger partial charge in [-0.15, -0.1) is 0 Å². The molecule has 2 N–H and O–H groups in total. The molecule has 0 bridgehead atoms. The number of nitrogens with two attached hydrogens (primary N) is 1. The van der Waals surface area contributed by atoms with Gasteiger partial charge >= 0.3 is 0 Å². The average Bonchev–Trinajstić information content (AvgIpc) is 2.29. The van der Waals surface area contributed by atoms with Crippen LogP contribution in [0.15, 0.2) is 30.5 Å². The van der Waals surface area contributed by atoms with Crippen LogP contribution in [-0.2, 0) is 0 Å². The standard InChI is InChI=1S/C11H10IN3O/c1-16-10-3-2-7(6-8(10)12)9-4-5-14-11(13)15-9/h2-6H,1H3,(H2,13,14,15). The summed E-state index contributed by atoms with van der Waals surface area (Å²) < 4.78 is 6.23. The van der Waals surface area contributed by atoms with Crippen molar-refractivity contribution in [1.29, 1.82) is 0 Å². The maximum atomic E-state index is 5.54. The molecule has 0 amide bonds. The molecule has 1 aromatic carbocycles. The highest BCUT2D eigenvalue weighted by atomic mass is 127. The van der Waals surface area contributed by atoms with Crippen LogP contribution >= 0.6 is 22.6 Å². The monoisotopic (exact) mass is 327 g/mol. The van der Waals surface area contributed by atoms with Crippen molar-refractivity contribution in [2.24, 2.45) is 0 Å². The van der Waals surface area contributed by atoms with Crippen LogP contribution in [0, 0.1) is 3.57 Å². The van der Waals surface area contributed by atoms with Gasteiger partial charge in [-0.2, -0.15) is 0 Å². The molecule has 2 rings (SSSR count). The molecular formula is C11H10IN3O. The second kappa shape index (κ2) is 4.65. The van der Waals surface area contributed by atoms with E-state index in [1.165, 1.54) is 0 Å². The number of anilines is 1. The van der Waals surface area contributed by atoms with E-state index in [4.69, 9.17) is 10.5 Å². The van der Waals surface area contributed by atoms with Crippen molar-refractivity contribution in [3.63, 3.8) is 0 Å². The number of rotatable bonds is 2. The molecule has 0 aliphatic carbocycles. The van der Waals surface area contributed by atoms with Crippen LogP contribution in [0.2, 0.25) is 0 Å². The van der Waals surface area contributed by atoms with Gasteiger partial charge in [0.1, 0.15) is 5.75 Å². The number of nitrogens with zero attached hydrogens (tertiary/aromatic N) is 2. The highest BCUT2D eigenvalue weighted by Gasteiger charge is 2.04. The Kier molecular flexibility index (Phi) is 3.23. The van der Waals surface area contributed by atoms with Crippen molar-refractivity contribution >= 4 is 28.5 Å². The summed E-state index contributed by atoms with van der Waals surface area (Å²) in [6.45, 7) is 0. The molecule has 0 fully saturated rings. The fourth-order valence-electron chi connectivity index (χ4n) is 1.36. The summed E-state index contributed by atoms with van der Waals surface area (Å²) in [5, 5.41) is 0. The number of ether oxygens (including phenoxy) is 1. The molecule has 16 heavy (non-hydrogen) atoms. The molecular weight excluding hydrogens is 317 g/mol. The summed E-state index contributed by atoms with van der Waals surface area (Å²) in [5.74, 6) is 1.13. The number of methoxy groups -OCH3 is 1. The van der Waals surface area contributed by atoms with Gasteiger partial charge in [-0.05, 0) is 46.9 Å². The van der Waals surface area contributed by atoms with E-state index in [1.807, 2.05) is 24.3 Å². The van der Waals surface area contributed by atoms with Gasteiger partial charge in [0, 0.05) is 11.8 Å². The first-order valence-electron chi connectivity index (χ1n) is 4.63. The maximum absolute atomic E-state index is 5.54. The van der Waals surface area contributed by atoms with Gasteiger partial charge in [0.25, 0.3) is 0 Å². The lowest BCUT2D eigenvalue weighted by Gasteiger charge is -2.06. The highest BCUT2D eigenvalue weighted by molar-refractivity contribution is 14.1. The summed E-state index contributed by atoms with van der Waals surface area (Å²) >= 11 is 2.22. The third kappa shape index (κ3) is 2.24. The molecule has 1 aromatic heterocycles. The number of benzene rings is 1. The Labute approximate surface area is 107 Å². The summed E-state index contributed by atoms with van der Waals surface area (Å²) in [5.41, 5.74) is 7.35. The van der Waals surface area contributed by atoms with Crippen LogP contribution in [0.1, 0.15) is 0 Å². The van der Waals surface area contributed by atoms with E-state index >= 15 is 0 Å². The minimum atomic E-state index is 0.281. The number of halogens is 1. The first-order chi connectivity index (χ1) is 7.70. The minimum absolute atomic E-state index is 0.281. The van der Waals surface area contributed by atoms with Gasteiger partial charge < -0.3 is 10.5 Å². The van der Waals surface area contributed by atoms with Crippen LogP contribution < -0.4 is 10.5 Å². The van der Waals surface area contributed by atoms with Crippen LogP contribution in [0.5, 0.6) is 5.75 Å². The Hall–Kier alpha value is -1.37. The SMILES string of the molecule is COc1ccc(-c2ccnc(N)n2)cc1I. The van der Waals surface area contributed by atoms with Crippen LogP contribution in [0.3, 0.4) is 0 Å². The van der Waals surface area contributed by atoms with E-state index in [1.54, 1.807) is 13.3 Å². The molecule has 1 heterocycles. The molecule has 0 radical (unpaired) electrons. The highest BCUT2D eigenvalue weighted by Crippen LogP contribution is 2.26. The van der Waals surface area contributed by atoms with Gasteiger partial charge in [-0.1, -0.05) is 0 Å². The van der Waals surface area contributed by atoms with Crippen molar-refractivity contribution in [2.45, 2.75) is 0 Å². The quantitative estimate of drug-likeness (QED) is 0.860. The second-order valence-corrected chi connectivity index (χ2v) is 4.31. The van der Waals surface area contributed by atoms with Crippen LogP contribution in [0.4, 0.5) is 5.95 Å². The normalized spacial score (nSPS) is 10.1. The lowest BCUT2D eigenvalue weighted by atomic mass is 10.1. The molecule has 0 saturated carbocycles. The third-order valence-corrected chi connectivity index (χ3v) is 2.96. The van der Waals surface area contributed by atoms with E-state index in [0.717, 1.165) is 20.6 Å². The van der Waals surface area contributed by atoms with E-state index in [0.29, 0.717) is 0 Å². The van der Waals surface area contributed by atoms with Gasteiger partial charge in [0.2, 0.25) is 5.95 Å². The molecule has 5 heteroatoms. The summed E-state index contributed by atoms with van der Waals surface area (Å²) in [4.78, 5) is 8.02. The summed E-state index contributed by atoms with van der Waals surface area (Å²) in [6.07, 6.45) is 1.65. The zero-order valence-corrected chi connectivity index (χ0v) is 10.8. The first-order valence-corrected chi connectivity index (χ1v) is 5.71. The van der Waals surface area contributed by atoms with Crippen molar-refractivity contribution in [2.75, 3.05) is 12.8 Å². The van der Waals surface area contributed by atoms with Gasteiger partial charge in [-0.25, -0.2) is 9.97 Å². The Bertz CT molecular complexity index is 516. The molecule has 0 unspecified atom stereocenters. The van der Waals surface area contributed by atoms with Crippen LogP contribution in [-0.4, -0.2) is 17.1 Å². The largest absolute Gasteiger partial charge is 0.496 e. The first kappa shape index (κ1) is 11.1. The molecule has 0 aliphatic rings. The molecule has 2 aromatic rings. The van der Waals surface area contributed by atoms with Crippen molar-refractivity contribution in [1.82, 2.24) is 9.97 Å². The molecule has 0 atom stereocenters. The van der Waals surface area contributed by atoms with Crippen molar-refractivity contribution in [3.8, 4) is 17.0 Å². The Morgan fingerprint density at radius 3 is 2.75 bits per heavy atom. The molecule has 82 valence electrons. The minimum Gasteiger partial charge on any atom is -0.496 e. The van der Waals surface area contributed by atoms with E-state index < -0.39 is 0 Å². The number of hydrogen-bond acceptors (Lipinski definition) is 4. The van der Waals surface area contributed by atoms with Gasteiger partial charge in [-0.3, -0.25) is 0 Å². The smallest absolute Gasteiger partial charge is 0.220 e. The predicted octanol–water partition coefficient (Wildman–Crippen LogP) is 2.34. The number of aromatic nitrogens is 2.